The van der Waals surface area contributed by atoms with Crippen LogP contribution in [0.5, 0.6) is 0 Å². The van der Waals surface area contributed by atoms with Crippen molar-refractivity contribution in [1.82, 2.24) is 5.32 Å². The average Bonchev–Trinajstić information content (AvgIpc) is 2.47. The van der Waals surface area contributed by atoms with Crippen LogP contribution in [0.1, 0.15) is 45.6 Å². The minimum Gasteiger partial charge on any atom is -0.464 e. The van der Waals surface area contributed by atoms with Gasteiger partial charge in [0.05, 0.1) is 6.61 Å². The topological polar surface area (TPSA) is 55.4 Å². The van der Waals surface area contributed by atoms with Crippen molar-refractivity contribution < 1.29 is 14.3 Å². The molecule has 4 nitrogen and oxygen atoms in total. The van der Waals surface area contributed by atoms with E-state index in [1.807, 2.05) is 32.0 Å². The SMILES string of the molecule is CCOC(=O)[C@H](CC(C)C)NC(=O)CCCc1ccccc1. The van der Waals surface area contributed by atoms with Crippen LogP contribution in [0.3, 0.4) is 0 Å². The van der Waals surface area contributed by atoms with Crippen LogP contribution in [0, 0.1) is 5.92 Å². The number of esters is 1. The molecule has 1 aromatic carbocycles. The summed E-state index contributed by atoms with van der Waals surface area (Å²) in [6.45, 7) is 6.14. The summed E-state index contributed by atoms with van der Waals surface area (Å²) in [6.07, 6.45) is 2.65. The number of amides is 1. The van der Waals surface area contributed by atoms with Crippen molar-refractivity contribution in [2.75, 3.05) is 6.61 Å². The summed E-state index contributed by atoms with van der Waals surface area (Å²) in [6, 6.07) is 9.54. The Morgan fingerprint density at radius 1 is 1.18 bits per heavy atom. The van der Waals surface area contributed by atoms with Gasteiger partial charge in [0.2, 0.25) is 5.91 Å². The first-order chi connectivity index (χ1) is 10.5. The van der Waals surface area contributed by atoms with Crippen molar-refractivity contribution in [2.45, 2.75) is 52.5 Å². The zero-order valence-electron chi connectivity index (χ0n) is 13.8. The fourth-order valence-corrected chi connectivity index (χ4v) is 2.29. The second-order valence-electron chi connectivity index (χ2n) is 5.84. The van der Waals surface area contributed by atoms with E-state index in [1.165, 1.54) is 5.56 Å². The summed E-state index contributed by atoms with van der Waals surface area (Å²) in [7, 11) is 0. The first-order valence-electron chi connectivity index (χ1n) is 8.02. The lowest BCUT2D eigenvalue weighted by Gasteiger charge is -2.19. The van der Waals surface area contributed by atoms with E-state index in [4.69, 9.17) is 4.74 Å². The lowest BCUT2D eigenvalue weighted by atomic mass is 10.0. The van der Waals surface area contributed by atoms with E-state index in [0.717, 1.165) is 12.8 Å². The molecule has 1 aromatic rings. The predicted molar refractivity (Wildman–Crippen MR) is 87.4 cm³/mol. The Hall–Kier alpha value is -1.84. The van der Waals surface area contributed by atoms with Crippen LogP contribution < -0.4 is 5.32 Å². The zero-order valence-corrected chi connectivity index (χ0v) is 13.8. The maximum Gasteiger partial charge on any atom is 0.328 e. The highest BCUT2D eigenvalue weighted by Crippen LogP contribution is 2.08. The molecule has 0 saturated heterocycles. The van der Waals surface area contributed by atoms with Crippen LogP contribution in [0.2, 0.25) is 0 Å². The first kappa shape index (κ1) is 18.2. The highest BCUT2D eigenvalue weighted by atomic mass is 16.5. The smallest absolute Gasteiger partial charge is 0.328 e. The fourth-order valence-electron chi connectivity index (χ4n) is 2.29. The molecule has 0 aliphatic rings. The van der Waals surface area contributed by atoms with Crippen LogP contribution in [0.15, 0.2) is 30.3 Å². The molecule has 1 amide bonds. The normalized spacial score (nSPS) is 12.0. The molecule has 122 valence electrons. The fraction of sp³-hybridized carbons (Fsp3) is 0.556. The van der Waals surface area contributed by atoms with E-state index in [1.54, 1.807) is 6.92 Å². The molecule has 0 saturated carbocycles. The molecule has 0 aromatic heterocycles. The maximum atomic E-state index is 12.0. The molecule has 1 atom stereocenters. The monoisotopic (exact) mass is 305 g/mol. The summed E-state index contributed by atoms with van der Waals surface area (Å²) >= 11 is 0. The lowest BCUT2D eigenvalue weighted by Crippen LogP contribution is -2.42. The number of hydrogen-bond donors (Lipinski definition) is 1. The first-order valence-corrected chi connectivity index (χ1v) is 8.02. The van der Waals surface area contributed by atoms with Gasteiger partial charge in [-0.25, -0.2) is 4.79 Å². The number of aryl methyl sites for hydroxylation is 1. The molecule has 0 heterocycles. The van der Waals surface area contributed by atoms with Crippen molar-refractivity contribution in [3.63, 3.8) is 0 Å². The van der Waals surface area contributed by atoms with E-state index in [0.29, 0.717) is 25.4 Å². The Morgan fingerprint density at radius 3 is 2.45 bits per heavy atom. The van der Waals surface area contributed by atoms with E-state index in [2.05, 4.69) is 17.4 Å². The molecule has 1 rings (SSSR count). The van der Waals surface area contributed by atoms with E-state index in [-0.39, 0.29) is 11.9 Å². The van der Waals surface area contributed by atoms with Crippen molar-refractivity contribution in [2.24, 2.45) is 5.92 Å². The molecular formula is C18H27NO3. The summed E-state index contributed by atoms with van der Waals surface area (Å²) < 4.78 is 5.03. The lowest BCUT2D eigenvalue weighted by molar-refractivity contribution is -0.147. The zero-order chi connectivity index (χ0) is 16.4. The summed E-state index contributed by atoms with van der Waals surface area (Å²) in [5, 5.41) is 2.81. The second kappa shape index (κ2) is 9.98. The van der Waals surface area contributed by atoms with Gasteiger partial charge < -0.3 is 10.1 Å². The van der Waals surface area contributed by atoms with Gasteiger partial charge in [0.25, 0.3) is 0 Å². The van der Waals surface area contributed by atoms with Gasteiger partial charge in [-0.3, -0.25) is 4.79 Å². The van der Waals surface area contributed by atoms with Gasteiger partial charge in [-0.15, -0.1) is 0 Å². The van der Waals surface area contributed by atoms with Gasteiger partial charge >= 0.3 is 5.97 Å². The van der Waals surface area contributed by atoms with Gasteiger partial charge in [0.15, 0.2) is 0 Å². The average molecular weight is 305 g/mol. The molecule has 0 aliphatic heterocycles. The Kier molecular flexibility index (Phi) is 8.26. The molecule has 0 bridgehead atoms. The van der Waals surface area contributed by atoms with Gasteiger partial charge in [-0.05, 0) is 37.7 Å². The number of carbonyl (C=O) groups is 2. The third kappa shape index (κ3) is 7.25. The van der Waals surface area contributed by atoms with Gasteiger partial charge in [0, 0.05) is 6.42 Å². The number of carbonyl (C=O) groups excluding carboxylic acids is 2. The maximum absolute atomic E-state index is 12.0. The number of benzene rings is 1. The van der Waals surface area contributed by atoms with Crippen molar-refractivity contribution in [1.29, 1.82) is 0 Å². The predicted octanol–water partition coefficient (Wildman–Crippen LogP) is 3.10. The van der Waals surface area contributed by atoms with E-state index < -0.39 is 6.04 Å². The summed E-state index contributed by atoms with van der Waals surface area (Å²) in [5.41, 5.74) is 1.22. The Bertz CT molecular complexity index is 457. The molecule has 0 radical (unpaired) electrons. The highest BCUT2D eigenvalue weighted by molar-refractivity contribution is 5.84. The van der Waals surface area contributed by atoms with Crippen molar-refractivity contribution in [3.8, 4) is 0 Å². The van der Waals surface area contributed by atoms with E-state index >= 15 is 0 Å². The summed E-state index contributed by atoms with van der Waals surface area (Å²) in [5.74, 6) is -0.110. The Labute approximate surface area is 133 Å². The molecule has 0 aliphatic carbocycles. The number of ether oxygens (including phenoxy) is 1. The molecule has 0 spiro atoms. The summed E-state index contributed by atoms with van der Waals surface area (Å²) in [4.78, 5) is 23.9. The van der Waals surface area contributed by atoms with Crippen molar-refractivity contribution >= 4 is 11.9 Å². The number of nitrogens with one attached hydrogen (secondary N) is 1. The number of rotatable bonds is 9. The van der Waals surface area contributed by atoms with Crippen LogP contribution in [0.4, 0.5) is 0 Å². The molecule has 22 heavy (non-hydrogen) atoms. The third-order valence-corrected chi connectivity index (χ3v) is 3.33. The minimum atomic E-state index is -0.538. The Balaban J connectivity index is 2.40. The van der Waals surface area contributed by atoms with Gasteiger partial charge in [-0.2, -0.15) is 0 Å². The van der Waals surface area contributed by atoms with Gasteiger partial charge in [0.1, 0.15) is 6.04 Å². The molecule has 0 fully saturated rings. The molecule has 0 unspecified atom stereocenters. The minimum absolute atomic E-state index is 0.0883. The van der Waals surface area contributed by atoms with Crippen LogP contribution in [-0.2, 0) is 20.7 Å². The number of hydrogen-bond acceptors (Lipinski definition) is 3. The van der Waals surface area contributed by atoms with Gasteiger partial charge in [-0.1, -0.05) is 44.2 Å². The van der Waals surface area contributed by atoms with Crippen LogP contribution >= 0.6 is 0 Å². The third-order valence-electron chi connectivity index (χ3n) is 3.33. The van der Waals surface area contributed by atoms with Crippen LogP contribution in [0.25, 0.3) is 0 Å². The molecular weight excluding hydrogens is 278 g/mol. The Morgan fingerprint density at radius 2 is 1.86 bits per heavy atom. The van der Waals surface area contributed by atoms with E-state index in [9.17, 15) is 9.59 Å². The molecule has 4 heteroatoms. The standard InChI is InChI=1S/C18H27NO3/c1-4-22-18(21)16(13-14(2)3)19-17(20)12-8-11-15-9-6-5-7-10-15/h5-7,9-10,14,16H,4,8,11-13H2,1-3H3,(H,19,20)/t16-/m0/s1. The van der Waals surface area contributed by atoms with Crippen molar-refractivity contribution in [3.05, 3.63) is 35.9 Å². The quantitative estimate of drug-likeness (QED) is 0.713. The highest BCUT2D eigenvalue weighted by Gasteiger charge is 2.22. The molecule has 1 N–H and O–H groups in total. The van der Waals surface area contributed by atoms with Crippen LogP contribution in [-0.4, -0.2) is 24.5 Å². The second-order valence-corrected chi connectivity index (χ2v) is 5.84. The largest absolute Gasteiger partial charge is 0.464 e.